The third-order valence-corrected chi connectivity index (χ3v) is 0.742. The molecule has 1 aliphatic heterocycles. The van der Waals surface area contributed by atoms with Crippen LogP contribution in [0.4, 0.5) is 0 Å². The largest absolute Gasteiger partial charge is 0.401 e. The summed E-state index contributed by atoms with van der Waals surface area (Å²) in [5, 5.41) is 9.53. The van der Waals surface area contributed by atoms with Crippen LogP contribution < -0.4 is 11.0 Å². The molecule has 0 saturated heterocycles. The summed E-state index contributed by atoms with van der Waals surface area (Å²) in [5.74, 6) is 0. The summed E-state index contributed by atoms with van der Waals surface area (Å²) in [7, 11) is 0. The van der Waals surface area contributed by atoms with E-state index in [-0.39, 0.29) is 6.42 Å². The van der Waals surface area contributed by atoms with Crippen LogP contribution in [0.5, 0.6) is 0 Å². The van der Waals surface area contributed by atoms with Crippen LogP contribution in [0, 0.1) is 0 Å². The molecule has 0 amide bonds. The molecule has 0 fully saturated rings. The first-order valence-electron chi connectivity index (χ1n) is 2.94. The predicted octanol–water partition coefficient (Wildman–Crippen LogP) is -0.902. The molecular weight excluding hydrogens is 92.1 g/mol. The molecule has 40 valence electrons. The van der Waals surface area contributed by atoms with Gasteiger partial charge in [-0.05, 0) is 0 Å². The topological polar surface area (TPSA) is 58.3 Å². The maximum atomic E-state index is 8.91. The average Bonchev–Trinajstić information content (AvgIpc) is 1.79. The number of nitrogens with two attached hydrogens (primary N) is 1. The van der Waals surface area contributed by atoms with Gasteiger partial charge in [0.2, 0.25) is 0 Å². The van der Waals surface area contributed by atoms with E-state index in [1.54, 1.807) is 0 Å². The van der Waals surface area contributed by atoms with Gasteiger partial charge in [0, 0.05) is 18.3 Å². The van der Waals surface area contributed by atoms with Crippen molar-refractivity contribution in [3.8, 4) is 0 Å². The first-order valence-corrected chi connectivity index (χ1v) is 1.99. The fourth-order valence-corrected chi connectivity index (χ4v) is 0.431. The van der Waals surface area contributed by atoms with E-state index in [1.165, 1.54) is 6.20 Å². The Labute approximate surface area is 44.7 Å². The van der Waals surface area contributed by atoms with E-state index in [9.17, 15) is 0 Å². The van der Waals surface area contributed by atoms with E-state index in [4.69, 9.17) is 13.6 Å². The normalized spacial score (nSPS) is 45.3. The van der Waals surface area contributed by atoms with E-state index < -0.39 is 6.20 Å². The van der Waals surface area contributed by atoms with Crippen molar-refractivity contribution in [3.63, 3.8) is 0 Å². The van der Waals surface area contributed by atoms with Gasteiger partial charge in [0.25, 0.3) is 0 Å². The molecule has 1 unspecified atom stereocenters. The second-order valence-corrected chi connectivity index (χ2v) is 1.43. The van der Waals surface area contributed by atoms with E-state index in [1.807, 2.05) is 0 Å². The molecule has 0 bridgehead atoms. The number of aliphatic hydroxyl groups is 1. The second-order valence-electron chi connectivity index (χ2n) is 1.43. The molecule has 3 heteroatoms. The van der Waals surface area contributed by atoms with Crippen molar-refractivity contribution in [3.05, 3.63) is 11.9 Å². The number of hydrogen-bond acceptors (Lipinski definition) is 3. The highest BCUT2D eigenvalue weighted by Crippen LogP contribution is 2.01. The lowest BCUT2D eigenvalue weighted by molar-refractivity contribution is 0.164. The van der Waals surface area contributed by atoms with Crippen molar-refractivity contribution in [2.75, 3.05) is 0 Å². The van der Waals surface area contributed by atoms with Crippen LogP contribution in [-0.4, -0.2) is 11.3 Å². The van der Waals surface area contributed by atoms with Gasteiger partial charge in [-0.25, -0.2) is 0 Å². The highest BCUT2D eigenvalue weighted by molar-refractivity contribution is 5.02. The summed E-state index contributed by atoms with van der Waals surface area (Å²) < 4.78 is 13.9. The van der Waals surface area contributed by atoms with Crippen molar-refractivity contribution in [2.45, 2.75) is 12.6 Å². The van der Waals surface area contributed by atoms with Crippen molar-refractivity contribution in [1.82, 2.24) is 5.31 Å². The summed E-state index contributed by atoms with van der Waals surface area (Å²) >= 11 is 0. The van der Waals surface area contributed by atoms with Crippen LogP contribution in [-0.2, 0) is 0 Å². The molecule has 0 saturated carbocycles. The molecule has 7 heavy (non-hydrogen) atoms. The molecule has 3 nitrogen and oxygen atoms in total. The zero-order valence-corrected chi connectivity index (χ0v) is 3.76. The Morgan fingerprint density at radius 1 is 2.43 bits per heavy atom. The number of nitrogens with one attached hydrogen (secondary N) is 1. The molecule has 4 N–H and O–H groups in total. The minimum Gasteiger partial charge on any atom is -0.401 e. The minimum absolute atomic E-state index is 0.0243. The summed E-state index contributed by atoms with van der Waals surface area (Å²) in [6, 6.07) is 0. The van der Waals surface area contributed by atoms with Crippen molar-refractivity contribution in [2.24, 2.45) is 5.73 Å². The molecule has 0 radical (unpaired) electrons. The van der Waals surface area contributed by atoms with Gasteiger partial charge in [-0.1, -0.05) is 0 Å². The second kappa shape index (κ2) is 1.42. The van der Waals surface area contributed by atoms with E-state index in [0.29, 0.717) is 11.0 Å². The van der Waals surface area contributed by atoms with Crippen LogP contribution in [0.15, 0.2) is 11.9 Å². The molecule has 0 aromatic carbocycles. The van der Waals surface area contributed by atoms with Gasteiger partial charge in [0.1, 0.15) is 6.20 Å². The summed E-state index contributed by atoms with van der Waals surface area (Å²) in [4.78, 5) is 0. The first-order chi connectivity index (χ1) is 4.02. The zero-order valence-electron chi connectivity index (χ0n) is 5.76. The van der Waals surface area contributed by atoms with Gasteiger partial charge in [-0.3, -0.25) is 0 Å². The highest BCUT2D eigenvalue weighted by atomic mass is 16.3. The molecule has 0 aromatic rings. The summed E-state index contributed by atoms with van der Waals surface area (Å²) in [5.41, 5.74) is 5.58. The van der Waals surface area contributed by atoms with Crippen LogP contribution >= 0.6 is 0 Å². The van der Waals surface area contributed by atoms with E-state index >= 15 is 0 Å². The quantitative estimate of drug-likeness (QED) is 0.371. The molecule has 1 atom stereocenters. The van der Waals surface area contributed by atoms with Gasteiger partial charge >= 0.3 is 0 Å². The van der Waals surface area contributed by atoms with Crippen LogP contribution in [0.2, 0.25) is 1.41 Å². The van der Waals surface area contributed by atoms with E-state index in [2.05, 4.69) is 0 Å². The smallest absolute Gasteiger partial charge is 0.162 e. The zero-order chi connectivity index (χ0) is 7.07. The number of rotatable bonds is 0. The predicted molar refractivity (Wildman–Crippen MR) is 26.0 cm³/mol. The summed E-state index contributed by atoms with van der Waals surface area (Å²) in [6.45, 7) is 0. The summed E-state index contributed by atoms with van der Waals surface area (Å²) in [6.07, 6.45) is -0.590. The molecule has 1 heterocycles. The molecule has 0 aromatic heterocycles. The van der Waals surface area contributed by atoms with Crippen LogP contribution in [0.1, 0.15) is 7.79 Å². The van der Waals surface area contributed by atoms with Gasteiger partial charge in [0.05, 0.1) is 1.37 Å². The standard InChI is InChI=1S/C4H8N2O/c5-3-1-4(7)6-2-3/h2,4,6-7H,1,5H2/i4D/hD. The fraction of sp³-hybridized carbons (Fsp3) is 0.500. The number of hydrogen-bond donors (Lipinski definition) is 3. The van der Waals surface area contributed by atoms with Gasteiger partial charge in [0.15, 0.2) is 1.41 Å². The first kappa shape index (κ1) is 2.57. The Kier molecular flexibility index (Phi) is 0.522. The molecule has 1 rings (SSSR count). The molecular formula is C4H8N2O. The monoisotopic (exact) mass is 102 g/mol. The maximum absolute atomic E-state index is 8.91. The Morgan fingerprint density at radius 2 is 3.14 bits per heavy atom. The Bertz CT molecular complexity index is 157. The van der Waals surface area contributed by atoms with E-state index in [0.717, 1.165) is 0 Å². The Hall–Kier alpha value is -0.700. The average molecular weight is 102 g/mol. The van der Waals surface area contributed by atoms with Crippen molar-refractivity contribution >= 4 is 0 Å². The molecule has 0 spiro atoms. The highest BCUT2D eigenvalue weighted by Gasteiger charge is 2.07. The lowest BCUT2D eigenvalue weighted by Crippen LogP contribution is -2.17. The fourth-order valence-electron chi connectivity index (χ4n) is 0.431. The van der Waals surface area contributed by atoms with Crippen LogP contribution in [0.3, 0.4) is 0 Å². The van der Waals surface area contributed by atoms with Crippen molar-refractivity contribution in [1.29, 1.82) is 0 Å². The third kappa shape index (κ3) is 0.838. The lowest BCUT2D eigenvalue weighted by Gasteiger charge is -1.97. The van der Waals surface area contributed by atoms with Crippen LogP contribution in [0.25, 0.3) is 0 Å². The van der Waals surface area contributed by atoms with Gasteiger partial charge in [-0.2, -0.15) is 0 Å². The maximum Gasteiger partial charge on any atom is 0.162 e. The Morgan fingerprint density at radius 3 is 3.29 bits per heavy atom. The van der Waals surface area contributed by atoms with Gasteiger partial charge < -0.3 is 16.2 Å². The Balaban J connectivity index is 2.71. The molecule has 0 aliphatic carbocycles. The SMILES string of the molecule is [2H]N1C=C(N)CC1([2H])O. The molecule has 1 aliphatic rings. The lowest BCUT2D eigenvalue weighted by atomic mass is 10.4. The third-order valence-electron chi connectivity index (χ3n) is 0.742. The van der Waals surface area contributed by atoms with Gasteiger partial charge in [-0.15, -0.1) is 0 Å². The minimum atomic E-state index is -1.84. The van der Waals surface area contributed by atoms with Crippen molar-refractivity contribution < 1.29 is 7.89 Å².